The third-order valence-electron chi connectivity index (χ3n) is 4.17. The fourth-order valence-electron chi connectivity index (χ4n) is 2.89. The van der Waals surface area contributed by atoms with Gasteiger partial charge in [-0.25, -0.2) is 4.79 Å². The zero-order valence-electron chi connectivity index (χ0n) is 15.1. The van der Waals surface area contributed by atoms with Crippen molar-refractivity contribution >= 4 is 17.9 Å². The molecule has 26 heavy (non-hydrogen) atoms. The summed E-state index contributed by atoms with van der Waals surface area (Å²) in [6.45, 7) is 4.06. The Labute approximate surface area is 152 Å². The number of carbonyl (C=O) groups is 1. The number of nitrogens with zero attached hydrogens (tertiary/aromatic N) is 2. The molecule has 0 spiro atoms. The first-order valence-electron chi connectivity index (χ1n) is 8.32. The van der Waals surface area contributed by atoms with Crippen molar-refractivity contribution in [2.24, 2.45) is 5.10 Å². The molecule has 0 fully saturated rings. The summed E-state index contributed by atoms with van der Waals surface area (Å²) < 4.78 is 6.90. The Hall–Kier alpha value is -3.34. The van der Waals surface area contributed by atoms with Crippen LogP contribution in [0.25, 0.3) is 5.69 Å². The number of esters is 1. The van der Waals surface area contributed by atoms with Gasteiger partial charge in [-0.2, -0.15) is 5.10 Å². The molecular weight excluding hydrogens is 326 g/mol. The normalized spacial score (nSPS) is 10.9. The van der Waals surface area contributed by atoms with Crippen LogP contribution in [-0.4, -0.2) is 23.9 Å². The number of aryl methyl sites for hydroxylation is 1. The number of aromatic nitrogens is 1. The highest BCUT2D eigenvalue weighted by atomic mass is 16.5. The van der Waals surface area contributed by atoms with E-state index in [-0.39, 0.29) is 5.97 Å². The number of nitrogens with one attached hydrogen (secondary N) is 1. The van der Waals surface area contributed by atoms with Gasteiger partial charge in [0.15, 0.2) is 0 Å². The summed E-state index contributed by atoms with van der Waals surface area (Å²) in [5.74, 6) is -0.344. The molecule has 3 aromatic rings. The molecule has 0 radical (unpaired) electrons. The fourth-order valence-corrected chi connectivity index (χ4v) is 2.89. The summed E-state index contributed by atoms with van der Waals surface area (Å²) in [5.41, 5.74) is 8.51. The average Bonchev–Trinajstić information content (AvgIpc) is 2.95. The topological polar surface area (TPSA) is 55.6 Å². The number of ether oxygens (including phenoxy) is 1. The predicted octanol–water partition coefficient (Wildman–Crippen LogP) is 4.33. The number of para-hydroxylation sites is 1. The second-order valence-electron chi connectivity index (χ2n) is 5.94. The van der Waals surface area contributed by atoms with E-state index in [2.05, 4.69) is 21.2 Å². The van der Waals surface area contributed by atoms with E-state index >= 15 is 0 Å². The summed E-state index contributed by atoms with van der Waals surface area (Å²) in [6, 6.07) is 19.3. The molecule has 1 heterocycles. The van der Waals surface area contributed by atoms with Gasteiger partial charge in [-0.05, 0) is 50.2 Å². The standard InChI is InChI=1S/C21H21N3O2/c1-15-12-18(14-22-23-19-9-5-4-6-10-19)16(2)24(15)20-11-7-8-17(13-20)21(25)26-3/h4-14,23H,1-3H3/b22-14-. The highest BCUT2D eigenvalue weighted by Crippen LogP contribution is 2.21. The zero-order valence-corrected chi connectivity index (χ0v) is 15.1. The van der Waals surface area contributed by atoms with Crippen LogP contribution < -0.4 is 5.43 Å². The molecule has 5 nitrogen and oxygen atoms in total. The maximum atomic E-state index is 11.8. The number of hydrogen-bond donors (Lipinski definition) is 1. The summed E-state index contributed by atoms with van der Waals surface area (Å²) in [7, 11) is 1.38. The largest absolute Gasteiger partial charge is 0.465 e. The van der Waals surface area contributed by atoms with Crippen LogP contribution >= 0.6 is 0 Å². The number of hydrazone groups is 1. The predicted molar refractivity (Wildman–Crippen MR) is 104 cm³/mol. The van der Waals surface area contributed by atoms with E-state index in [0.29, 0.717) is 5.56 Å². The van der Waals surface area contributed by atoms with E-state index in [0.717, 1.165) is 28.3 Å². The molecule has 1 aromatic heterocycles. The minimum atomic E-state index is -0.344. The molecule has 0 aliphatic heterocycles. The van der Waals surface area contributed by atoms with Crippen LogP contribution in [0.3, 0.4) is 0 Å². The Morgan fingerprint density at radius 3 is 2.58 bits per heavy atom. The Morgan fingerprint density at radius 2 is 1.85 bits per heavy atom. The van der Waals surface area contributed by atoms with Gasteiger partial charge in [0.25, 0.3) is 0 Å². The maximum Gasteiger partial charge on any atom is 0.337 e. The maximum absolute atomic E-state index is 11.8. The lowest BCUT2D eigenvalue weighted by Gasteiger charge is -2.11. The van der Waals surface area contributed by atoms with E-state index in [1.54, 1.807) is 12.3 Å². The van der Waals surface area contributed by atoms with Crippen molar-refractivity contribution in [3.05, 3.63) is 83.2 Å². The van der Waals surface area contributed by atoms with Crippen LogP contribution in [-0.2, 0) is 4.74 Å². The number of methoxy groups -OCH3 is 1. The number of benzene rings is 2. The monoisotopic (exact) mass is 347 g/mol. The van der Waals surface area contributed by atoms with Crippen molar-refractivity contribution < 1.29 is 9.53 Å². The zero-order chi connectivity index (χ0) is 18.5. The Balaban J connectivity index is 1.88. The van der Waals surface area contributed by atoms with Gasteiger partial charge in [0.05, 0.1) is 24.6 Å². The van der Waals surface area contributed by atoms with Crippen molar-refractivity contribution in [2.45, 2.75) is 13.8 Å². The summed E-state index contributed by atoms with van der Waals surface area (Å²) in [4.78, 5) is 11.8. The first-order valence-corrected chi connectivity index (χ1v) is 8.32. The smallest absolute Gasteiger partial charge is 0.337 e. The van der Waals surface area contributed by atoms with Gasteiger partial charge in [-0.3, -0.25) is 5.43 Å². The van der Waals surface area contributed by atoms with Gasteiger partial charge in [-0.1, -0.05) is 24.3 Å². The second kappa shape index (κ2) is 7.70. The molecule has 0 atom stereocenters. The lowest BCUT2D eigenvalue weighted by molar-refractivity contribution is 0.0600. The highest BCUT2D eigenvalue weighted by Gasteiger charge is 2.12. The molecule has 0 aliphatic rings. The highest BCUT2D eigenvalue weighted by molar-refractivity contribution is 5.90. The van der Waals surface area contributed by atoms with Crippen LogP contribution in [0.15, 0.2) is 65.8 Å². The number of hydrogen-bond acceptors (Lipinski definition) is 4. The van der Waals surface area contributed by atoms with Crippen LogP contribution in [0.1, 0.15) is 27.3 Å². The second-order valence-corrected chi connectivity index (χ2v) is 5.94. The lowest BCUT2D eigenvalue weighted by atomic mass is 10.2. The number of rotatable bonds is 5. The Bertz CT molecular complexity index is 943. The lowest BCUT2D eigenvalue weighted by Crippen LogP contribution is -2.04. The van der Waals surface area contributed by atoms with Crippen LogP contribution in [0, 0.1) is 13.8 Å². The van der Waals surface area contributed by atoms with E-state index < -0.39 is 0 Å². The van der Waals surface area contributed by atoms with Crippen molar-refractivity contribution in [1.29, 1.82) is 0 Å². The fraction of sp³-hybridized carbons (Fsp3) is 0.143. The van der Waals surface area contributed by atoms with Gasteiger partial charge < -0.3 is 9.30 Å². The van der Waals surface area contributed by atoms with E-state index in [9.17, 15) is 4.79 Å². The van der Waals surface area contributed by atoms with Crippen molar-refractivity contribution in [2.75, 3.05) is 12.5 Å². The van der Waals surface area contributed by atoms with Gasteiger partial charge in [0, 0.05) is 22.6 Å². The SMILES string of the molecule is COC(=O)c1cccc(-n2c(C)cc(/C=N\Nc3ccccc3)c2C)c1. The molecule has 0 unspecified atom stereocenters. The molecule has 2 aromatic carbocycles. The molecular formula is C21H21N3O2. The minimum absolute atomic E-state index is 0.344. The molecule has 132 valence electrons. The van der Waals surface area contributed by atoms with E-state index in [1.807, 2.05) is 62.4 Å². The van der Waals surface area contributed by atoms with Crippen molar-refractivity contribution in [3.63, 3.8) is 0 Å². The van der Waals surface area contributed by atoms with Gasteiger partial charge in [0.2, 0.25) is 0 Å². The Morgan fingerprint density at radius 1 is 1.08 bits per heavy atom. The first kappa shape index (κ1) is 17.5. The molecule has 0 saturated carbocycles. The molecule has 0 aliphatic carbocycles. The van der Waals surface area contributed by atoms with Crippen LogP contribution in [0.4, 0.5) is 5.69 Å². The minimum Gasteiger partial charge on any atom is -0.465 e. The Kier molecular flexibility index (Phi) is 5.17. The van der Waals surface area contributed by atoms with Crippen molar-refractivity contribution in [3.8, 4) is 5.69 Å². The van der Waals surface area contributed by atoms with Crippen molar-refractivity contribution in [1.82, 2.24) is 4.57 Å². The molecule has 0 saturated heterocycles. The third kappa shape index (κ3) is 3.67. The number of carbonyl (C=O) groups excluding carboxylic acids is 1. The van der Waals surface area contributed by atoms with Crippen LogP contribution in [0.5, 0.6) is 0 Å². The summed E-state index contributed by atoms with van der Waals surface area (Å²) in [5, 5.41) is 4.32. The average molecular weight is 347 g/mol. The van der Waals surface area contributed by atoms with E-state index in [1.165, 1.54) is 7.11 Å². The van der Waals surface area contributed by atoms with Gasteiger partial charge in [-0.15, -0.1) is 0 Å². The summed E-state index contributed by atoms with van der Waals surface area (Å²) >= 11 is 0. The molecule has 0 bridgehead atoms. The van der Waals surface area contributed by atoms with Gasteiger partial charge >= 0.3 is 5.97 Å². The first-order chi connectivity index (χ1) is 12.6. The summed E-state index contributed by atoms with van der Waals surface area (Å²) in [6.07, 6.45) is 1.80. The van der Waals surface area contributed by atoms with Crippen LogP contribution in [0.2, 0.25) is 0 Å². The molecule has 3 rings (SSSR count). The number of anilines is 1. The third-order valence-corrected chi connectivity index (χ3v) is 4.17. The van der Waals surface area contributed by atoms with E-state index in [4.69, 9.17) is 4.74 Å². The molecule has 0 amide bonds. The molecule has 1 N–H and O–H groups in total. The quantitative estimate of drug-likeness (QED) is 0.425. The van der Waals surface area contributed by atoms with Gasteiger partial charge in [0.1, 0.15) is 0 Å². The molecule has 5 heteroatoms.